The van der Waals surface area contributed by atoms with Crippen LogP contribution in [0.4, 0.5) is 0 Å². The van der Waals surface area contributed by atoms with Crippen molar-refractivity contribution in [1.29, 1.82) is 0 Å². The summed E-state index contributed by atoms with van der Waals surface area (Å²) in [6.07, 6.45) is 3.24. The van der Waals surface area contributed by atoms with E-state index >= 15 is 0 Å². The van der Waals surface area contributed by atoms with Gasteiger partial charge in [-0.05, 0) is 47.1 Å². The van der Waals surface area contributed by atoms with Crippen LogP contribution in [0.3, 0.4) is 0 Å². The van der Waals surface area contributed by atoms with Crippen LogP contribution in [0.5, 0.6) is 0 Å². The van der Waals surface area contributed by atoms with Gasteiger partial charge in [0.05, 0.1) is 5.69 Å². The van der Waals surface area contributed by atoms with E-state index in [9.17, 15) is 0 Å². The molecule has 0 radical (unpaired) electrons. The molecule has 0 spiro atoms. The summed E-state index contributed by atoms with van der Waals surface area (Å²) in [6, 6.07) is 2.59. The minimum atomic E-state index is 0.177. The van der Waals surface area contributed by atoms with Crippen molar-refractivity contribution < 1.29 is 0 Å². The Morgan fingerprint density at radius 3 is 2.60 bits per heavy atom. The van der Waals surface area contributed by atoms with E-state index in [4.69, 9.17) is 5.10 Å². The third-order valence-electron chi connectivity index (χ3n) is 4.67. The van der Waals surface area contributed by atoms with Gasteiger partial charge in [-0.15, -0.1) is 0 Å². The van der Waals surface area contributed by atoms with Crippen molar-refractivity contribution in [2.24, 2.45) is 0 Å². The van der Waals surface area contributed by atoms with E-state index in [1.807, 2.05) is 4.68 Å². The summed E-state index contributed by atoms with van der Waals surface area (Å²) in [7, 11) is 0. The van der Waals surface area contributed by atoms with Crippen molar-refractivity contribution in [2.45, 2.75) is 71.6 Å². The van der Waals surface area contributed by atoms with Gasteiger partial charge in [-0.25, -0.2) is 0 Å². The van der Waals surface area contributed by atoms with Crippen molar-refractivity contribution in [3.05, 3.63) is 18.0 Å². The summed E-state index contributed by atoms with van der Waals surface area (Å²) in [5, 5.41) is 8.40. The lowest BCUT2D eigenvalue weighted by molar-refractivity contribution is 0.0235. The molecule has 0 amide bonds. The predicted octanol–water partition coefficient (Wildman–Crippen LogP) is 2.82. The van der Waals surface area contributed by atoms with Crippen molar-refractivity contribution in [3.8, 4) is 0 Å². The molecule has 114 valence electrons. The molecule has 1 unspecified atom stereocenters. The molecule has 1 aromatic heterocycles. The molecule has 0 saturated carbocycles. The Morgan fingerprint density at radius 2 is 2.05 bits per heavy atom. The highest BCUT2D eigenvalue weighted by molar-refractivity contribution is 5.05. The van der Waals surface area contributed by atoms with E-state index < -0.39 is 0 Å². The monoisotopic (exact) mass is 278 g/mol. The average molecular weight is 278 g/mol. The predicted molar refractivity (Wildman–Crippen MR) is 83.8 cm³/mol. The van der Waals surface area contributed by atoms with Gasteiger partial charge >= 0.3 is 0 Å². The fourth-order valence-corrected chi connectivity index (χ4v) is 2.68. The van der Waals surface area contributed by atoms with Crippen molar-refractivity contribution >= 4 is 0 Å². The molecule has 2 rings (SSSR count). The summed E-state index contributed by atoms with van der Waals surface area (Å²) in [6.45, 7) is 16.6. The van der Waals surface area contributed by atoms with Gasteiger partial charge in [-0.3, -0.25) is 9.58 Å². The first-order valence-electron chi connectivity index (χ1n) is 7.80. The highest BCUT2D eigenvalue weighted by Gasteiger charge is 2.39. The molecule has 1 aromatic rings. The van der Waals surface area contributed by atoms with Gasteiger partial charge in [-0.2, -0.15) is 5.10 Å². The minimum Gasteiger partial charge on any atom is -0.308 e. The van der Waals surface area contributed by atoms with Crippen LogP contribution in [0.2, 0.25) is 0 Å². The third kappa shape index (κ3) is 3.23. The van der Waals surface area contributed by atoms with Gasteiger partial charge in [0.25, 0.3) is 0 Å². The lowest BCUT2D eigenvalue weighted by Crippen LogP contribution is -2.66. The Morgan fingerprint density at radius 1 is 1.35 bits per heavy atom. The summed E-state index contributed by atoms with van der Waals surface area (Å²) in [5.41, 5.74) is 1.57. The molecule has 20 heavy (non-hydrogen) atoms. The zero-order chi connectivity index (χ0) is 15.0. The maximum atomic E-state index is 4.70. The van der Waals surface area contributed by atoms with Crippen LogP contribution in [-0.2, 0) is 6.54 Å². The first-order chi connectivity index (χ1) is 9.26. The summed E-state index contributed by atoms with van der Waals surface area (Å²) >= 11 is 0. The number of nitrogens with zero attached hydrogens (tertiary/aromatic N) is 3. The van der Waals surface area contributed by atoms with Gasteiger partial charge in [-0.1, -0.05) is 6.92 Å². The minimum absolute atomic E-state index is 0.177. The number of nitrogens with one attached hydrogen (secondary N) is 1. The zero-order valence-electron chi connectivity index (χ0n) is 13.9. The van der Waals surface area contributed by atoms with Gasteiger partial charge < -0.3 is 5.32 Å². The van der Waals surface area contributed by atoms with Crippen LogP contribution < -0.4 is 5.32 Å². The van der Waals surface area contributed by atoms with E-state index in [0.717, 1.165) is 26.1 Å². The largest absolute Gasteiger partial charge is 0.308 e. The lowest BCUT2D eigenvalue weighted by Gasteiger charge is -2.50. The first kappa shape index (κ1) is 15.5. The molecule has 0 aliphatic carbocycles. The van der Waals surface area contributed by atoms with E-state index in [2.05, 4.69) is 64.0 Å². The zero-order valence-corrected chi connectivity index (χ0v) is 13.9. The van der Waals surface area contributed by atoms with Crippen LogP contribution in [0.25, 0.3) is 0 Å². The summed E-state index contributed by atoms with van der Waals surface area (Å²) in [4.78, 5) is 2.57. The molecule has 1 aliphatic rings. The molecule has 0 bridgehead atoms. The molecular formula is C16H30N4. The van der Waals surface area contributed by atoms with Crippen molar-refractivity contribution in [1.82, 2.24) is 20.0 Å². The summed E-state index contributed by atoms with van der Waals surface area (Å²) < 4.78 is 2.05. The Labute approximate surface area is 123 Å². The second kappa shape index (κ2) is 5.49. The van der Waals surface area contributed by atoms with Crippen LogP contribution in [-0.4, -0.2) is 38.8 Å². The molecule has 1 N–H and O–H groups in total. The Bertz CT molecular complexity index is 449. The third-order valence-corrected chi connectivity index (χ3v) is 4.67. The van der Waals surface area contributed by atoms with Crippen LogP contribution in [0.1, 0.15) is 59.7 Å². The summed E-state index contributed by atoms with van der Waals surface area (Å²) in [5.74, 6) is 0. The Kier molecular flexibility index (Phi) is 4.26. The molecule has 1 atom stereocenters. The molecular weight excluding hydrogens is 248 g/mol. The van der Waals surface area contributed by atoms with Gasteiger partial charge in [0.15, 0.2) is 0 Å². The SMILES string of the molecule is CCC1(C)CN(Cc2ccn(C(C)C)n2)C(C)(C)CN1. The van der Waals surface area contributed by atoms with Gasteiger partial charge in [0.2, 0.25) is 0 Å². The number of hydrogen-bond donors (Lipinski definition) is 1. The van der Waals surface area contributed by atoms with Crippen LogP contribution >= 0.6 is 0 Å². The second-order valence-electron chi connectivity index (χ2n) is 7.32. The maximum Gasteiger partial charge on any atom is 0.0765 e. The lowest BCUT2D eigenvalue weighted by atomic mass is 9.88. The fraction of sp³-hybridized carbons (Fsp3) is 0.812. The van der Waals surface area contributed by atoms with E-state index in [1.54, 1.807) is 0 Å². The fourth-order valence-electron chi connectivity index (χ4n) is 2.68. The van der Waals surface area contributed by atoms with Gasteiger partial charge in [0, 0.05) is 43.0 Å². The number of piperazine rings is 1. The highest BCUT2D eigenvalue weighted by Crippen LogP contribution is 2.27. The number of rotatable bonds is 4. The maximum absolute atomic E-state index is 4.70. The standard InChI is InChI=1S/C16H30N4/c1-7-16(6)12-19(15(4,5)11-17-16)10-14-8-9-20(18-14)13(2)3/h8-9,13,17H,7,10-12H2,1-6H3. The van der Waals surface area contributed by atoms with Crippen LogP contribution in [0, 0.1) is 0 Å². The average Bonchev–Trinajstić information content (AvgIpc) is 2.83. The van der Waals surface area contributed by atoms with E-state index in [-0.39, 0.29) is 11.1 Å². The quantitative estimate of drug-likeness (QED) is 0.919. The first-order valence-corrected chi connectivity index (χ1v) is 7.80. The molecule has 4 heteroatoms. The molecule has 2 heterocycles. The number of hydrogen-bond acceptors (Lipinski definition) is 3. The molecule has 1 aliphatic heterocycles. The smallest absolute Gasteiger partial charge is 0.0765 e. The van der Waals surface area contributed by atoms with Crippen molar-refractivity contribution in [2.75, 3.05) is 13.1 Å². The molecule has 1 saturated heterocycles. The van der Waals surface area contributed by atoms with Gasteiger partial charge in [0.1, 0.15) is 0 Å². The molecule has 4 nitrogen and oxygen atoms in total. The number of aromatic nitrogens is 2. The normalized spacial score (nSPS) is 27.1. The van der Waals surface area contributed by atoms with Crippen LogP contribution in [0.15, 0.2) is 12.3 Å². The second-order valence-corrected chi connectivity index (χ2v) is 7.32. The highest BCUT2D eigenvalue weighted by atomic mass is 15.3. The van der Waals surface area contributed by atoms with Crippen molar-refractivity contribution in [3.63, 3.8) is 0 Å². The molecule has 0 aromatic carbocycles. The topological polar surface area (TPSA) is 33.1 Å². The Balaban J connectivity index is 2.11. The molecule has 1 fully saturated rings. The Hall–Kier alpha value is -0.870. The van der Waals surface area contributed by atoms with E-state index in [1.165, 1.54) is 5.69 Å². The van der Waals surface area contributed by atoms with E-state index in [0.29, 0.717) is 6.04 Å².